The lowest BCUT2D eigenvalue weighted by Crippen LogP contribution is -2.51. The summed E-state index contributed by atoms with van der Waals surface area (Å²) in [7, 11) is 0. The number of nitrogens with one attached hydrogen (secondary N) is 1. The number of amides is 1. The molecule has 2 saturated heterocycles. The molecule has 0 aliphatic carbocycles. The van der Waals surface area contributed by atoms with E-state index in [4.69, 9.17) is 0 Å². The number of nitrogens with zero attached hydrogens (tertiary/aromatic N) is 1. The summed E-state index contributed by atoms with van der Waals surface area (Å²) in [5.74, 6) is 0.699. The Balaban J connectivity index is 2.00. The predicted octanol–water partition coefficient (Wildman–Crippen LogP) is 1.78. The molecule has 0 aromatic rings. The minimum atomic E-state index is 0.282. The van der Waals surface area contributed by atoms with Crippen LogP contribution in [0.3, 0.4) is 0 Å². The predicted molar refractivity (Wildman–Crippen MR) is 65.2 cm³/mol. The maximum Gasteiger partial charge on any atom is 0.226 e. The second-order valence-electron chi connectivity index (χ2n) is 5.40. The van der Waals surface area contributed by atoms with E-state index in [1.54, 1.807) is 0 Å². The number of piperidine rings is 2. The van der Waals surface area contributed by atoms with Gasteiger partial charge in [0.2, 0.25) is 5.91 Å². The van der Waals surface area contributed by atoms with Crippen LogP contribution in [0.15, 0.2) is 0 Å². The molecule has 0 aromatic carbocycles. The van der Waals surface area contributed by atoms with E-state index >= 15 is 0 Å². The van der Waals surface area contributed by atoms with Crippen LogP contribution in [-0.2, 0) is 4.79 Å². The van der Waals surface area contributed by atoms with Gasteiger partial charge in [0.05, 0.1) is 0 Å². The van der Waals surface area contributed by atoms with Gasteiger partial charge in [0.15, 0.2) is 0 Å². The molecule has 0 saturated carbocycles. The van der Waals surface area contributed by atoms with E-state index in [9.17, 15) is 4.79 Å². The van der Waals surface area contributed by atoms with Crippen molar-refractivity contribution < 1.29 is 4.79 Å². The number of likely N-dealkylation sites (tertiary alicyclic amines) is 1. The summed E-state index contributed by atoms with van der Waals surface area (Å²) < 4.78 is 0. The van der Waals surface area contributed by atoms with Crippen molar-refractivity contribution in [2.45, 2.75) is 58.0 Å². The highest BCUT2D eigenvalue weighted by Gasteiger charge is 2.33. The van der Waals surface area contributed by atoms with E-state index in [0.29, 0.717) is 18.0 Å². The third kappa shape index (κ3) is 2.40. The van der Waals surface area contributed by atoms with Gasteiger partial charge >= 0.3 is 0 Å². The number of carbonyl (C=O) groups is 1. The molecule has 2 atom stereocenters. The summed E-state index contributed by atoms with van der Waals surface area (Å²) in [6.45, 7) is 6.42. The summed E-state index contributed by atoms with van der Waals surface area (Å²) in [5.41, 5.74) is 0. The molecule has 0 spiro atoms. The second-order valence-corrected chi connectivity index (χ2v) is 5.40. The zero-order valence-corrected chi connectivity index (χ0v) is 10.5. The Morgan fingerprint density at radius 3 is 2.19 bits per heavy atom. The fraction of sp³-hybridized carbons (Fsp3) is 0.923. The lowest BCUT2D eigenvalue weighted by atomic mass is 9.91. The van der Waals surface area contributed by atoms with Crippen molar-refractivity contribution in [3.8, 4) is 0 Å². The van der Waals surface area contributed by atoms with Crippen LogP contribution < -0.4 is 5.32 Å². The molecular weight excluding hydrogens is 200 g/mol. The standard InChI is InChI=1S/C13H24N2O/c1-10-4-3-5-11(2)15(10)13(16)12-6-8-14-9-7-12/h10-12,14H,3-9H2,1-2H3/t10-,11+. The van der Waals surface area contributed by atoms with E-state index in [0.717, 1.165) is 25.9 Å². The van der Waals surface area contributed by atoms with Crippen LogP contribution in [0.5, 0.6) is 0 Å². The highest BCUT2D eigenvalue weighted by molar-refractivity contribution is 5.79. The van der Waals surface area contributed by atoms with Gasteiger partial charge in [0, 0.05) is 18.0 Å². The van der Waals surface area contributed by atoms with Crippen LogP contribution in [-0.4, -0.2) is 36.0 Å². The summed E-state index contributed by atoms with van der Waals surface area (Å²) >= 11 is 0. The van der Waals surface area contributed by atoms with Gasteiger partial charge < -0.3 is 10.2 Å². The second kappa shape index (κ2) is 5.17. The lowest BCUT2D eigenvalue weighted by molar-refractivity contribution is -0.142. The van der Waals surface area contributed by atoms with Crippen molar-refractivity contribution in [2.75, 3.05) is 13.1 Å². The first-order valence-corrected chi connectivity index (χ1v) is 6.73. The molecule has 0 bridgehead atoms. The SMILES string of the molecule is C[C@@H]1CCC[C@H](C)N1C(=O)C1CCNCC1. The molecule has 92 valence electrons. The molecule has 3 nitrogen and oxygen atoms in total. The number of hydrogen-bond acceptors (Lipinski definition) is 2. The van der Waals surface area contributed by atoms with E-state index in [-0.39, 0.29) is 5.92 Å². The molecule has 0 unspecified atom stereocenters. The molecular formula is C13H24N2O. The van der Waals surface area contributed by atoms with E-state index in [2.05, 4.69) is 24.1 Å². The monoisotopic (exact) mass is 224 g/mol. The number of hydrogen-bond donors (Lipinski definition) is 1. The normalized spacial score (nSPS) is 32.8. The molecule has 2 aliphatic rings. The Bertz CT molecular complexity index is 238. The van der Waals surface area contributed by atoms with Crippen LogP contribution in [0.2, 0.25) is 0 Å². The van der Waals surface area contributed by atoms with Crippen LogP contribution in [0, 0.1) is 5.92 Å². The quantitative estimate of drug-likeness (QED) is 0.736. The minimum absolute atomic E-state index is 0.282. The Morgan fingerprint density at radius 2 is 1.62 bits per heavy atom. The van der Waals surface area contributed by atoms with Gasteiger partial charge in [0.1, 0.15) is 0 Å². The first-order chi connectivity index (χ1) is 7.70. The summed E-state index contributed by atoms with van der Waals surface area (Å²) in [6, 6.07) is 0.900. The Kier molecular flexibility index (Phi) is 3.85. The molecule has 16 heavy (non-hydrogen) atoms. The summed E-state index contributed by atoms with van der Waals surface area (Å²) in [4.78, 5) is 14.6. The first kappa shape index (κ1) is 11.9. The summed E-state index contributed by atoms with van der Waals surface area (Å²) in [6.07, 6.45) is 5.68. The molecule has 3 heteroatoms. The maximum absolute atomic E-state index is 12.5. The van der Waals surface area contributed by atoms with Crippen molar-refractivity contribution in [3.63, 3.8) is 0 Å². The van der Waals surface area contributed by atoms with Crippen molar-refractivity contribution >= 4 is 5.91 Å². The van der Waals surface area contributed by atoms with Crippen molar-refractivity contribution in [1.82, 2.24) is 10.2 Å². The van der Waals surface area contributed by atoms with Crippen LogP contribution in [0.25, 0.3) is 0 Å². The summed E-state index contributed by atoms with van der Waals surface area (Å²) in [5, 5.41) is 3.32. The third-order valence-corrected chi connectivity index (χ3v) is 4.14. The highest BCUT2D eigenvalue weighted by Crippen LogP contribution is 2.26. The minimum Gasteiger partial charge on any atom is -0.337 e. The van der Waals surface area contributed by atoms with E-state index in [1.807, 2.05) is 0 Å². The Labute approximate surface area is 98.6 Å². The van der Waals surface area contributed by atoms with Crippen LogP contribution in [0.4, 0.5) is 0 Å². The van der Waals surface area contributed by atoms with Gasteiger partial charge in [-0.05, 0) is 59.0 Å². The van der Waals surface area contributed by atoms with Gasteiger partial charge in [0.25, 0.3) is 0 Å². The third-order valence-electron chi connectivity index (χ3n) is 4.14. The van der Waals surface area contributed by atoms with Gasteiger partial charge in [-0.25, -0.2) is 0 Å². The van der Waals surface area contributed by atoms with Gasteiger partial charge in [-0.1, -0.05) is 0 Å². The Morgan fingerprint density at radius 1 is 1.06 bits per heavy atom. The van der Waals surface area contributed by atoms with Gasteiger partial charge in [-0.3, -0.25) is 4.79 Å². The Hall–Kier alpha value is -0.570. The maximum atomic E-state index is 12.5. The van der Waals surface area contributed by atoms with Crippen molar-refractivity contribution in [1.29, 1.82) is 0 Å². The molecule has 0 radical (unpaired) electrons. The van der Waals surface area contributed by atoms with Crippen molar-refractivity contribution in [3.05, 3.63) is 0 Å². The van der Waals surface area contributed by atoms with Crippen molar-refractivity contribution in [2.24, 2.45) is 5.92 Å². The fourth-order valence-electron chi connectivity index (χ4n) is 3.14. The van der Waals surface area contributed by atoms with Gasteiger partial charge in [-0.2, -0.15) is 0 Å². The molecule has 2 fully saturated rings. The first-order valence-electron chi connectivity index (χ1n) is 6.73. The molecule has 0 aromatic heterocycles. The molecule has 1 amide bonds. The number of carbonyl (C=O) groups excluding carboxylic acids is 1. The smallest absolute Gasteiger partial charge is 0.226 e. The molecule has 2 rings (SSSR count). The van der Waals surface area contributed by atoms with Crippen LogP contribution >= 0.6 is 0 Å². The highest BCUT2D eigenvalue weighted by atomic mass is 16.2. The topological polar surface area (TPSA) is 32.3 Å². The van der Waals surface area contributed by atoms with E-state index < -0.39 is 0 Å². The molecule has 1 N–H and O–H groups in total. The average Bonchev–Trinajstić information content (AvgIpc) is 2.30. The zero-order chi connectivity index (χ0) is 11.5. The largest absolute Gasteiger partial charge is 0.337 e. The zero-order valence-electron chi connectivity index (χ0n) is 10.5. The lowest BCUT2D eigenvalue weighted by Gasteiger charge is -2.41. The van der Waals surface area contributed by atoms with E-state index in [1.165, 1.54) is 19.3 Å². The van der Waals surface area contributed by atoms with Gasteiger partial charge in [-0.15, -0.1) is 0 Å². The molecule has 2 aliphatic heterocycles. The van der Waals surface area contributed by atoms with Crippen LogP contribution in [0.1, 0.15) is 46.0 Å². The number of rotatable bonds is 1. The molecule has 2 heterocycles. The average molecular weight is 224 g/mol. The fourth-order valence-corrected chi connectivity index (χ4v) is 3.14.